The molecule has 4 rings (SSSR count). The van der Waals surface area contributed by atoms with E-state index in [0.29, 0.717) is 22.5 Å². The van der Waals surface area contributed by atoms with E-state index in [9.17, 15) is 18.0 Å². The smallest absolute Gasteiger partial charge is 0.433 e. The van der Waals surface area contributed by atoms with Crippen molar-refractivity contribution in [1.29, 1.82) is 0 Å². The van der Waals surface area contributed by atoms with Crippen LogP contribution in [0.4, 0.5) is 18.0 Å². The van der Waals surface area contributed by atoms with Gasteiger partial charge in [-0.25, -0.2) is 19.5 Å². The SMILES string of the molecule is C=N/C(Cl)=N\C1=C(C)C2(COC2)OC(=O)N1Cc1ccc(-n2nc(C(F)(F)F)cc2C)cc1. The Hall–Kier alpha value is -3.18. The largest absolute Gasteiger partial charge is 0.435 e. The fraction of sp³-hybridized carbons (Fsp3) is 0.333. The topological polar surface area (TPSA) is 81.3 Å². The second-order valence-electron chi connectivity index (χ2n) is 7.68. The van der Waals surface area contributed by atoms with Crippen LogP contribution in [0.5, 0.6) is 0 Å². The van der Waals surface area contributed by atoms with Gasteiger partial charge < -0.3 is 9.47 Å². The Morgan fingerprint density at radius 1 is 1.27 bits per heavy atom. The molecule has 33 heavy (non-hydrogen) atoms. The molecular weight excluding hydrogens is 463 g/mol. The highest BCUT2D eigenvalue weighted by Crippen LogP contribution is 2.39. The number of alkyl halides is 3. The minimum Gasteiger partial charge on any atom is -0.433 e. The lowest BCUT2D eigenvalue weighted by molar-refractivity contribution is -0.167. The number of aryl methyl sites for hydroxylation is 1. The number of ether oxygens (including phenoxy) is 2. The van der Waals surface area contributed by atoms with E-state index in [1.165, 1.54) is 16.5 Å². The summed E-state index contributed by atoms with van der Waals surface area (Å²) in [7, 11) is 0. The van der Waals surface area contributed by atoms with E-state index in [2.05, 4.69) is 21.8 Å². The van der Waals surface area contributed by atoms with Gasteiger partial charge in [0, 0.05) is 11.3 Å². The van der Waals surface area contributed by atoms with Gasteiger partial charge >= 0.3 is 12.3 Å². The maximum Gasteiger partial charge on any atom is 0.435 e. The molecule has 1 spiro atoms. The predicted octanol–water partition coefficient (Wildman–Crippen LogP) is 4.45. The molecule has 0 aliphatic carbocycles. The molecule has 2 aliphatic rings. The lowest BCUT2D eigenvalue weighted by atomic mass is 9.91. The lowest BCUT2D eigenvalue weighted by Crippen LogP contribution is -2.59. The van der Waals surface area contributed by atoms with Gasteiger partial charge in [-0.3, -0.25) is 4.90 Å². The molecule has 0 radical (unpaired) electrons. The second kappa shape index (κ2) is 8.31. The average molecular weight is 482 g/mol. The number of halogens is 4. The second-order valence-corrected chi connectivity index (χ2v) is 8.01. The molecule has 0 bridgehead atoms. The molecule has 2 aliphatic heterocycles. The number of amides is 1. The van der Waals surface area contributed by atoms with Crippen LogP contribution in [0.2, 0.25) is 0 Å². The van der Waals surface area contributed by atoms with Crippen molar-refractivity contribution in [3.05, 3.63) is 58.7 Å². The van der Waals surface area contributed by atoms with E-state index in [0.717, 1.165) is 6.07 Å². The van der Waals surface area contributed by atoms with E-state index in [1.54, 1.807) is 31.2 Å². The van der Waals surface area contributed by atoms with Gasteiger partial charge in [0.25, 0.3) is 0 Å². The summed E-state index contributed by atoms with van der Waals surface area (Å²) in [6.45, 7) is 7.17. The van der Waals surface area contributed by atoms with Crippen LogP contribution in [0.25, 0.3) is 5.69 Å². The van der Waals surface area contributed by atoms with Crippen LogP contribution in [-0.2, 0) is 22.2 Å². The van der Waals surface area contributed by atoms with Crippen molar-refractivity contribution in [2.24, 2.45) is 9.98 Å². The van der Waals surface area contributed by atoms with Gasteiger partial charge in [0.05, 0.1) is 25.4 Å². The van der Waals surface area contributed by atoms with Gasteiger partial charge in [0.15, 0.2) is 11.3 Å². The highest BCUT2D eigenvalue weighted by Gasteiger charge is 2.51. The molecule has 1 aromatic heterocycles. The van der Waals surface area contributed by atoms with Crippen molar-refractivity contribution >= 4 is 29.7 Å². The third-order valence-electron chi connectivity index (χ3n) is 5.48. The Bertz CT molecular complexity index is 1170. The number of hydrogen-bond acceptors (Lipinski definition) is 5. The number of carbonyl (C=O) groups is 1. The first kappa shape index (κ1) is 23.0. The molecule has 1 saturated heterocycles. The minimum atomic E-state index is -4.53. The molecule has 2 aromatic rings. The summed E-state index contributed by atoms with van der Waals surface area (Å²) in [5, 5.41) is 3.51. The van der Waals surface area contributed by atoms with Crippen molar-refractivity contribution < 1.29 is 27.4 Å². The summed E-state index contributed by atoms with van der Waals surface area (Å²) < 4.78 is 50.9. The van der Waals surface area contributed by atoms with E-state index >= 15 is 0 Å². The van der Waals surface area contributed by atoms with Gasteiger partial charge in [-0.05, 0) is 55.9 Å². The summed E-state index contributed by atoms with van der Waals surface area (Å²) >= 11 is 5.96. The molecule has 8 nitrogen and oxygen atoms in total. The summed E-state index contributed by atoms with van der Waals surface area (Å²) in [6, 6.07) is 7.57. The van der Waals surface area contributed by atoms with Crippen LogP contribution in [0.15, 0.2) is 51.7 Å². The van der Waals surface area contributed by atoms with E-state index < -0.39 is 23.6 Å². The first-order valence-electron chi connectivity index (χ1n) is 9.78. The number of aliphatic imine (C=N–C) groups is 2. The normalized spacial score (nSPS) is 18.4. The number of aromatic nitrogens is 2. The molecule has 0 unspecified atom stereocenters. The standard InChI is InChI=1S/C21H19ClF3N5O3/c1-12-8-16(21(23,24)25)28-30(12)15-6-4-14(5-7-15)9-29-17(27-18(22)26-3)13(2)20(10-32-11-20)33-19(29)31/h4-8H,3,9-11H2,1-2H3/b27-18-. The zero-order valence-corrected chi connectivity index (χ0v) is 18.4. The Kier molecular flexibility index (Phi) is 5.79. The Morgan fingerprint density at radius 2 is 1.94 bits per heavy atom. The van der Waals surface area contributed by atoms with Gasteiger partial charge in [-0.15, -0.1) is 0 Å². The number of rotatable bonds is 4. The van der Waals surface area contributed by atoms with Crippen LogP contribution in [0.3, 0.4) is 0 Å². The fourth-order valence-corrected chi connectivity index (χ4v) is 3.64. The van der Waals surface area contributed by atoms with Gasteiger partial charge in [-0.1, -0.05) is 12.1 Å². The quantitative estimate of drug-likeness (QED) is 0.367. The molecule has 174 valence electrons. The Morgan fingerprint density at radius 3 is 2.45 bits per heavy atom. The maximum absolute atomic E-state index is 13.0. The summed E-state index contributed by atoms with van der Waals surface area (Å²) in [5.74, 6) is 0.286. The van der Waals surface area contributed by atoms with Crippen LogP contribution < -0.4 is 0 Å². The fourth-order valence-electron chi connectivity index (χ4n) is 3.56. The summed E-state index contributed by atoms with van der Waals surface area (Å²) in [4.78, 5) is 21.9. The lowest BCUT2D eigenvalue weighted by Gasteiger charge is -2.46. The minimum absolute atomic E-state index is 0.0828. The van der Waals surface area contributed by atoms with Crippen LogP contribution >= 0.6 is 11.6 Å². The van der Waals surface area contributed by atoms with Gasteiger partial charge in [0.2, 0.25) is 5.29 Å². The van der Waals surface area contributed by atoms with E-state index in [1.807, 2.05) is 0 Å². The van der Waals surface area contributed by atoms with Crippen molar-refractivity contribution in [3.63, 3.8) is 0 Å². The molecule has 1 aromatic carbocycles. The molecule has 1 fully saturated rings. The van der Waals surface area contributed by atoms with Crippen molar-refractivity contribution in [2.45, 2.75) is 32.2 Å². The zero-order valence-electron chi connectivity index (χ0n) is 17.7. The molecule has 0 N–H and O–H groups in total. The number of carbonyl (C=O) groups excluding carboxylic acids is 1. The predicted molar refractivity (Wildman–Crippen MR) is 114 cm³/mol. The number of amidine groups is 1. The van der Waals surface area contributed by atoms with Crippen LogP contribution in [0, 0.1) is 6.92 Å². The third-order valence-corrected chi connectivity index (χ3v) is 5.68. The molecule has 12 heteroatoms. The van der Waals surface area contributed by atoms with E-state index in [4.69, 9.17) is 21.1 Å². The summed E-state index contributed by atoms with van der Waals surface area (Å²) in [6.07, 6.45) is -5.16. The molecule has 3 heterocycles. The first-order chi connectivity index (χ1) is 15.5. The first-order valence-corrected chi connectivity index (χ1v) is 10.2. The van der Waals surface area contributed by atoms with Crippen LogP contribution in [-0.4, -0.2) is 51.6 Å². The van der Waals surface area contributed by atoms with Crippen LogP contribution in [0.1, 0.15) is 23.9 Å². The highest BCUT2D eigenvalue weighted by atomic mass is 35.5. The summed E-state index contributed by atoms with van der Waals surface area (Å²) in [5.41, 5.74) is 0.276. The molecule has 1 amide bonds. The molecule has 0 saturated carbocycles. The number of benzene rings is 1. The number of nitrogens with zero attached hydrogens (tertiary/aromatic N) is 5. The highest BCUT2D eigenvalue weighted by molar-refractivity contribution is 6.65. The zero-order chi connectivity index (χ0) is 24.0. The van der Waals surface area contributed by atoms with Gasteiger partial charge in [0.1, 0.15) is 5.82 Å². The Labute approximate surface area is 192 Å². The van der Waals surface area contributed by atoms with Gasteiger partial charge in [-0.2, -0.15) is 18.3 Å². The van der Waals surface area contributed by atoms with Crippen molar-refractivity contribution in [1.82, 2.24) is 14.7 Å². The third kappa shape index (κ3) is 4.25. The van der Waals surface area contributed by atoms with Crippen molar-refractivity contribution in [2.75, 3.05) is 13.2 Å². The molecular formula is C21H19ClF3N5O3. The monoisotopic (exact) mass is 481 g/mol. The average Bonchev–Trinajstić information content (AvgIpc) is 3.14. The number of hydrogen-bond donors (Lipinski definition) is 0. The molecule has 0 atom stereocenters. The van der Waals surface area contributed by atoms with Crippen molar-refractivity contribution in [3.8, 4) is 5.69 Å². The Balaban J connectivity index is 1.62. The maximum atomic E-state index is 13.0. The van der Waals surface area contributed by atoms with E-state index in [-0.39, 0.29) is 30.9 Å².